The molecule has 0 saturated heterocycles. The molecule has 1 aliphatic carbocycles. The lowest BCUT2D eigenvalue weighted by Crippen LogP contribution is -2.00. The van der Waals surface area contributed by atoms with Crippen molar-refractivity contribution in [1.29, 1.82) is 0 Å². The van der Waals surface area contributed by atoms with Crippen molar-refractivity contribution in [3.63, 3.8) is 0 Å². The maximum atomic E-state index is 10.7. The predicted molar refractivity (Wildman–Crippen MR) is 63.4 cm³/mol. The van der Waals surface area contributed by atoms with Gasteiger partial charge in [-0.1, -0.05) is 11.6 Å². The number of aliphatic carboxylic acids is 1. The zero-order chi connectivity index (χ0) is 11.7. The summed E-state index contributed by atoms with van der Waals surface area (Å²) in [7, 11) is 1.59. The van der Waals surface area contributed by atoms with Crippen LogP contribution in [0.1, 0.15) is 6.42 Å². The number of carboxylic acids is 1. The molecular weight excluding hydrogens is 248 g/mol. The molecule has 2 rings (SSSR count). The van der Waals surface area contributed by atoms with Crippen LogP contribution in [0.4, 0.5) is 0 Å². The standard InChI is InChI=1S/C11H11ClO3S/c1-15-8-3-2-6(12)4-10(8)16-9-5-7(9)11(13)14/h2-4,7,9H,5H2,1H3,(H,13,14). The lowest BCUT2D eigenvalue weighted by molar-refractivity contribution is -0.138. The van der Waals surface area contributed by atoms with E-state index in [4.69, 9.17) is 21.4 Å². The highest BCUT2D eigenvalue weighted by atomic mass is 35.5. The molecule has 2 atom stereocenters. The summed E-state index contributed by atoms with van der Waals surface area (Å²) in [5, 5.41) is 9.59. The molecule has 0 radical (unpaired) electrons. The van der Waals surface area contributed by atoms with Gasteiger partial charge in [-0.25, -0.2) is 0 Å². The van der Waals surface area contributed by atoms with Gasteiger partial charge in [-0.05, 0) is 24.6 Å². The fourth-order valence-corrected chi connectivity index (χ4v) is 3.08. The smallest absolute Gasteiger partial charge is 0.307 e. The quantitative estimate of drug-likeness (QED) is 0.902. The highest BCUT2D eigenvalue weighted by Crippen LogP contribution is 2.48. The molecule has 16 heavy (non-hydrogen) atoms. The molecule has 0 heterocycles. The van der Waals surface area contributed by atoms with Crippen LogP contribution >= 0.6 is 23.4 Å². The van der Waals surface area contributed by atoms with E-state index in [0.717, 1.165) is 17.1 Å². The van der Waals surface area contributed by atoms with E-state index in [1.807, 2.05) is 6.07 Å². The number of benzene rings is 1. The van der Waals surface area contributed by atoms with E-state index in [1.165, 1.54) is 11.8 Å². The molecule has 0 spiro atoms. The lowest BCUT2D eigenvalue weighted by atomic mass is 10.3. The van der Waals surface area contributed by atoms with Gasteiger partial charge in [0.25, 0.3) is 0 Å². The fraction of sp³-hybridized carbons (Fsp3) is 0.364. The van der Waals surface area contributed by atoms with Gasteiger partial charge in [0, 0.05) is 10.3 Å². The molecule has 3 nitrogen and oxygen atoms in total. The molecule has 1 fully saturated rings. The van der Waals surface area contributed by atoms with E-state index in [-0.39, 0.29) is 11.2 Å². The van der Waals surface area contributed by atoms with Crippen molar-refractivity contribution in [3.05, 3.63) is 23.2 Å². The van der Waals surface area contributed by atoms with E-state index < -0.39 is 5.97 Å². The molecule has 2 unspecified atom stereocenters. The Kier molecular flexibility index (Phi) is 3.30. The first-order valence-corrected chi connectivity index (χ1v) is 6.10. The third kappa shape index (κ3) is 2.44. The molecule has 0 aromatic heterocycles. The minimum absolute atomic E-state index is 0.143. The van der Waals surface area contributed by atoms with Crippen molar-refractivity contribution < 1.29 is 14.6 Å². The minimum atomic E-state index is -0.724. The molecule has 1 aromatic carbocycles. The van der Waals surface area contributed by atoms with Crippen molar-refractivity contribution >= 4 is 29.3 Å². The number of ether oxygens (including phenoxy) is 1. The fourth-order valence-electron chi connectivity index (χ4n) is 1.47. The van der Waals surface area contributed by atoms with Gasteiger partial charge in [0.1, 0.15) is 5.75 Å². The summed E-state index contributed by atoms with van der Waals surface area (Å²) in [6.45, 7) is 0. The summed E-state index contributed by atoms with van der Waals surface area (Å²) in [5.74, 6) is -0.211. The first-order valence-electron chi connectivity index (χ1n) is 4.85. The van der Waals surface area contributed by atoms with Crippen LogP contribution in [0.25, 0.3) is 0 Å². The minimum Gasteiger partial charge on any atom is -0.496 e. The Balaban J connectivity index is 2.09. The van der Waals surface area contributed by atoms with E-state index >= 15 is 0 Å². The van der Waals surface area contributed by atoms with Crippen LogP contribution in [0.15, 0.2) is 23.1 Å². The number of rotatable bonds is 4. The van der Waals surface area contributed by atoms with Gasteiger partial charge in [0.15, 0.2) is 0 Å². The largest absolute Gasteiger partial charge is 0.496 e. The second kappa shape index (κ2) is 4.55. The van der Waals surface area contributed by atoms with Gasteiger partial charge in [0.05, 0.1) is 17.9 Å². The predicted octanol–water partition coefficient (Wildman–Crippen LogP) is 2.91. The monoisotopic (exact) mass is 258 g/mol. The zero-order valence-electron chi connectivity index (χ0n) is 8.64. The van der Waals surface area contributed by atoms with Crippen LogP contribution in [0.5, 0.6) is 5.75 Å². The molecule has 1 saturated carbocycles. The summed E-state index contributed by atoms with van der Waals surface area (Å²) >= 11 is 7.41. The summed E-state index contributed by atoms with van der Waals surface area (Å²) in [5.41, 5.74) is 0. The zero-order valence-corrected chi connectivity index (χ0v) is 10.2. The van der Waals surface area contributed by atoms with Crippen molar-refractivity contribution in [3.8, 4) is 5.75 Å². The van der Waals surface area contributed by atoms with Crippen LogP contribution in [-0.2, 0) is 4.79 Å². The summed E-state index contributed by atoms with van der Waals surface area (Å²) < 4.78 is 5.20. The van der Waals surface area contributed by atoms with Crippen LogP contribution in [0, 0.1) is 5.92 Å². The average Bonchev–Trinajstić information content (AvgIpc) is 2.98. The third-order valence-electron chi connectivity index (χ3n) is 2.45. The second-order valence-corrected chi connectivity index (χ2v) is 5.35. The number of hydrogen-bond donors (Lipinski definition) is 1. The number of carboxylic acid groups (broad SMARTS) is 1. The van der Waals surface area contributed by atoms with Crippen LogP contribution in [0.2, 0.25) is 5.02 Å². The van der Waals surface area contributed by atoms with E-state index in [1.54, 1.807) is 19.2 Å². The van der Waals surface area contributed by atoms with Gasteiger partial charge in [-0.2, -0.15) is 0 Å². The van der Waals surface area contributed by atoms with Crippen LogP contribution < -0.4 is 4.74 Å². The van der Waals surface area contributed by atoms with Gasteiger partial charge in [-0.15, -0.1) is 11.8 Å². The van der Waals surface area contributed by atoms with E-state index in [9.17, 15) is 4.79 Å². The number of carbonyl (C=O) groups is 1. The molecule has 1 aromatic rings. The molecule has 0 aliphatic heterocycles. The van der Waals surface area contributed by atoms with Crippen LogP contribution in [0.3, 0.4) is 0 Å². The number of hydrogen-bond acceptors (Lipinski definition) is 3. The highest BCUT2D eigenvalue weighted by molar-refractivity contribution is 8.00. The van der Waals surface area contributed by atoms with Crippen LogP contribution in [-0.4, -0.2) is 23.4 Å². The number of methoxy groups -OCH3 is 1. The summed E-state index contributed by atoms with van der Waals surface area (Å²) in [4.78, 5) is 11.6. The molecule has 86 valence electrons. The highest BCUT2D eigenvalue weighted by Gasteiger charge is 2.44. The molecule has 0 amide bonds. The normalized spacial score (nSPS) is 22.9. The molecule has 5 heteroatoms. The van der Waals surface area contributed by atoms with Crippen molar-refractivity contribution in [2.75, 3.05) is 7.11 Å². The second-order valence-electron chi connectivity index (χ2n) is 3.63. The molecule has 1 N–H and O–H groups in total. The maximum Gasteiger partial charge on any atom is 0.307 e. The maximum absolute atomic E-state index is 10.7. The Morgan fingerprint density at radius 1 is 1.62 bits per heavy atom. The topological polar surface area (TPSA) is 46.5 Å². The molecule has 0 bridgehead atoms. The van der Waals surface area contributed by atoms with E-state index in [2.05, 4.69) is 0 Å². The number of halogens is 1. The van der Waals surface area contributed by atoms with Crippen molar-refractivity contribution in [2.24, 2.45) is 5.92 Å². The summed E-state index contributed by atoms with van der Waals surface area (Å²) in [6, 6.07) is 5.36. The average molecular weight is 259 g/mol. The van der Waals surface area contributed by atoms with Gasteiger partial charge in [-0.3, -0.25) is 4.79 Å². The van der Waals surface area contributed by atoms with Gasteiger partial charge < -0.3 is 9.84 Å². The molecule has 1 aliphatic rings. The van der Waals surface area contributed by atoms with Crippen molar-refractivity contribution in [2.45, 2.75) is 16.6 Å². The Hall–Kier alpha value is -0.870. The lowest BCUT2D eigenvalue weighted by Gasteiger charge is -2.07. The van der Waals surface area contributed by atoms with Gasteiger partial charge >= 0.3 is 5.97 Å². The SMILES string of the molecule is COc1ccc(Cl)cc1SC1CC1C(=O)O. The van der Waals surface area contributed by atoms with Crippen molar-refractivity contribution in [1.82, 2.24) is 0 Å². The molecular formula is C11H11ClO3S. The summed E-state index contributed by atoms with van der Waals surface area (Å²) in [6.07, 6.45) is 0.718. The Bertz CT molecular complexity index is 422. The first-order chi connectivity index (χ1) is 7.61. The van der Waals surface area contributed by atoms with E-state index in [0.29, 0.717) is 5.02 Å². The Morgan fingerprint density at radius 3 is 2.94 bits per heavy atom. The third-order valence-corrected chi connectivity index (χ3v) is 4.08. The van der Waals surface area contributed by atoms with Gasteiger partial charge in [0.2, 0.25) is 0 Å². The number of thioether (sulfide) groups is 1. The Morgan fingerprint density at radius 2 is 2.38 bits per heavy atom. The Labute approximate surface area is 103 Å². The first kappa shape index (κ1) is 11.6.